The molecule has 1 amide bonds. The van der Waals surface area contributed by atoms with Crippen molar-refractivity contribution in [2.24, 2.45) is 0 Å². The van der Waals surface area contributed by atoms with Gasteiger partial charge in [0.1, 0.15) is 11.3 Å². The Morgan fingerprint density at radius 3 is 2.76 bits per heavy atom. The molecule has 5 nitrogen and oxygen atoms in total. The number of anilines is 2. The normalized spacial score (nSPS) is 10.5. The Morgan fingerprint density at radius 2 is 2.05 bits per heavy atom. The molecule has 0 saturated carbocycles. The Labute approximate surface area is 125 Å². The van der Waals surface area contributed by atoms with Crippen molar-refractivity contribution in [3.63, 3.8) is 0 Å². The highest BCUT2D eigenvalue weighted by Gasteiger charge is 2.13. The Kier molecular flexibility index (Phi) is 3.45. The molecule has 1 aromatic heterocycles. The highest BCUT2D eigenvalue weighted by Crippen LogP contribution is 2.34. The van der Waals surface area contributed by atoms with Crippen LogP contribution in [-0.4, -0.2) is 18.0 Å². The lowest BCUT2D eigenvalue weighted by molar-refractivity contribution is 0.102. The minimum absolute atomic E-state index is 0.193. The van der Waals surface area contributed by atoms with Gasteiger partial charge >= 0.3 is 0 Å². The summed E-state index contributed by atoms with van der Waals surface area (Å²) in [7, 11) is 1.57. The van der Waals surface area contributed by atoms with Crippen LogP contribution in [0.5, 0.6) is 5.75 Å². The van der Waals surface area contributed by atoms with Crippen LogP contribution in [0.3, 0.4) is 0 Å². The van der Waals surface area contributed by atoms with Gasteiger partial charge in [-0.05, 0) is 18.2 Å². The summed E-state index contributed by atoms with van der Waals surface area (Å²) in [6.45, 7) is 0. The first-order valence-electron chi connectivity index (χ1n) is 6.28. The van der Waals surface area contributed by atoms with Crippen molar-refractivity contribution in [3.05, 3.63) is 48.0 Å². The molecule has 6 heteroatoms. The van der Waals surface area contributed by atoms with Crippen LogP contribution in [0.15, 0.2) is 42.5 Å². The highest BCUT2D eigenvalue weighted by atomic mass is 32.1. The molecule has 0 atom stereocenters. The lowest BCUT2D eigenvalue weighted by atomic mass is 10.2. The number of hydrogen-bond acceptors (Lipinski definition) is 5. The Bertz CT molecular complexity index is 799. The van der Waals surface area contributed by atoms with Gasteiger partial charge in [0.25, 0.3) is 5.91 Å². The van der Waals surface area contributed by atoms with Crippen LogP contribution < -0.4 is 15.8 Å². The van der Waals surface area contributed by atoms with Crippen LogP contribution in [0.2, 0.25) is 0 Å². The minimum atomic E-state index is -0.193. The maximum atomic E-state index is 12.1. The molecule has 2 aromatic carbocycles. The van der Waals surface area contributed by atoms with E-state index in [1.165, 1.54) is 11.3 Å². The fourth-order valence-corrected chi connectivity index (χ4v) is 2.91. The summed E-state index contributed by atoms with van der Waals surface area (Å²) < 4.78 is 6.13. The molecule has 106 valence electrons. The van der Waals surface area contributed by atoms with E-state index in [1.54, 1.807) is 25.3 Å². The van der Waals surface area contributed by atoms with Crippen molar-refractivity contribution in [2.45, 2.75) is 0 Å². The lowest BCUT2D eigenvalue weighted by Crippen LogP contribution is -2.11. The molecule has 0 spiro atoms. The summed E-state index contributed by atoms with van der Waals surface area (Å²) in [5.74, 6) is 0.406. The van der Waals surface area contributed by atoms with Crippen LogP contribution in [0.4, 0.5) is 10.8 Å². The van der Waals surface area contributed by atoms with Crippen molar-refractivity contribution in [2.75, 3.05) is 18.2 Å². The van der Waals surface area contributed by atoms with E-state index >= 15 is 0 Å². The fourth-order valence-electron chi connectivity index (χ4n) is 1.99. The molecule has 21 heavy (non-hydrogen) atoms. The van der Waals surface area contributed by atoms with E-state index in [4.69, 9.17) is 10.5 Å². The zero-order valence-electron chi connectivity index (χ0n) is 11.3. The molecule has 0 aliphatic heterocycles. The molecule has 0 aliphatic carbocycles. The average Bonchev–Trinajstić information content (AvgIpc) is 2.89. The van der Waals surface area contributed by atoms with Crippen LogP contribution in [-0.2, 0) is 0 Å². The summed E-state index contributed by atoms with van der Waals surface area (Å²) in [5.41, 5.74) is 7.70. The quantitative estimate of drug-likeness (QED) is 0.728. The molecule has 0 fully saturated rings. The van der Waals surface area contributed by atoms with Crippen molar-refractivity contribution in [1.29, 1.82) is 0 Å². The van der Waals surface area contributed by atoms with Crippen LogP contribution in [0.1, 0.15) is 10.4 Å². The Hall–Kier alpha value is -2.60. The number of fused-ring (bicyclic) bond motifs is 1. The average molecular weight is 299 g/mol. The number of benzene rings is 2. The van der Waals surface area contributed by atoms with Crippen LogP contribution >= 0.6 is 11.3 Å². The van der Waals surface area contributed by atoms with Crippen molar-refractivity contribution < 1.29 is 9.53 Å². The van der Waals surface area contributed by atoms with E-state index in [0.717, 1.165) is 4.70 Å². The van der Waals surface area contributed by atoms with Crippen molar-refractivity contribution in [1.82, 2.24) is 4.98 Å². The number of amides is 1. The predicted molar refractivity (Wildman–Crippen MR) is 85.0 cm³/mol. The zero-order chi connectivity index (χ0) is 14.8. The van der Waals surface area contributed by atoms with Gasteiger partial charge in [0, 0.05) is 17.3 Å². The molecular formula is C15H13N3O2S. The molecule has 3 rings (SSSR count). The van der Waals surface area contributed by atoms with E-state index < -0.39 is 0 Å². The van der Waals surface area contributed by atoms with Gasteiger partial charge in [-0.2, -0.15) is 0 Å². The topological polar surface area (TPSA) is 77.2 Å². The third-order valence-electron chi connectivity index (χ3n) is 2.96. The largest absolute Gasteiger partial charge is 0.494 e. The number of carbonyl (C=O) groups is 1. The first kappa shape index (κ1) is 13.4. The van der Waals surface area contributed by atoms with Gasteiger partial charge in [-0.3, -0.25) is 10.1 Å². The number of carbonyl (C=O) groups excluding carboxylic acids is 1. The molecule has 3 aromatic rings. The number of thiazole rings is 1. The van der Waals surface area contributed by atoms with E-state index in [2.05, 4.69) is 10.3 Å². The molecular weight excluding hydrogens is 286 g/mol. The number of nitrogen functional groups attached to an aromatic ring is 1. The summed E-state index contributed by atoms with van der Waals surface area (Å²) in [4.78, 5) is 16.5. The number of hydrogen-bond donors (Lipinski definition) is 2. The van der Waals surface area contributed by atoms with Gasteiger partial charge in [-0.25, -0.2) is 4.98 Å². The molecule has 1 heterocycles. The molecule has 0 saturated heterocycles. The van der Waals surface area contributed by atoms with Gasteiger partial charge in [0.2, 0.25) is 0 Å². The minimum Gasteiger partial charge on any atom is -0.494 e. The van der Waals surface area contributed by atoms with E-state index in [0.29, 0.717) is 27.6 Å². The van der Waals surface area contributed by atoms with E-state index in [9.17, 15) is 4.79 Å². The SMILES string of the molecule is COc1cc(N)cc2sc(NC(=O)c3ccccc3)nc12. The number of rotatable bonds is 3. The standard InChI is InChI=1S/C15H13N3O2S/c1-20-11-7-10(16)8-12-13(11)17-15(21-12)18-14(19)9-5-3-2-4-6-9/h2-8H,16H2,1H3,(H,17,18,19). The second-order valence-electron chi connectivity index (χ2n) is 4.41. The molecule has 0 bridgehead atoms. The van der Waals surface area contributed by atoms with Crippen LogP contribution in [0, 0.1) is 0 Å². The number of ether oxygens (including phenoxy) is 1. The van der Waals surface area contributed by atoms with Gasteiger partial charge in [-0.1, -0.05) is 29.5 Å². The lowest BCUT2D eigenvalue weighted by Gasteiger charge is -2.01. The van der Waals surface area contributed by atoms with Crippen molar-refractivity contribution >= 4 is 38.3 Å². The summed E-state index contributed by atoms with van der Waals surface area (Å²) in [6, 6.07) is 12.5. The third-order valence-corrected chi connectivity index (χ3v) is 3.88. The number of methoxy groups -OCH3 is 1. The van der Waals surface area contributed by atoms with Crippen LogP contribution in [0.25, 0.3) is 10.2 Å². The zero-order valence-corrected chi connectivity index (χ0v) is 12.1. The second kappa shape index (κ2) is 5.41. The Balaban J connectivity index is 1.93. The molecule has 0 radical (unpaired) electrons. The monoisotopic (exact) mass is 299 g/mol. The molecule has 0 unspecified atom stereocenters. The number of nitrogens with one attached hydrogen (secondary N) is 1. The summed E-state index contributed by atoms with van der Waals surface area (Å²) in [6.07, 6.45) is 0. The predicted octanol–water partition coefficient (Wildman–Crippen LogP) is 3.14. The maximum absolute atomic E-state index is 12.1. The van der Waals surface area contributed by atoms with Gasteiger partial charge < -0.3 is 10.5 Å². The third kappa shape index (κ3) is 2.66. The summed E-state index contributed by atoms with van der Waals surface area (Å²) >= 11 is 1.36. The Morgan fingerprint density at radius 1 is 1.29 bits per heavy atom. The molecule has 3 N–H and O–H groups in total. The summed E-state index contributed by atoms with van der Waals surface area (Å²) in [5, 5.41) is 3.31. The smallest absolute Gasteiger partial charge is 0.257 e. The van der Waals surface area contributed by atoms with Gasteiger partial charge in [0.05, 0.1) is 11.8 Å². The van der Waals surface area contributed by atoms with Gasteiger partial charge in [0.15, 0.2) is 5.13 Å². The molecule has 0 aliphatic rings. The maximum Gasteiger partial charge on any atom is 0.257 e. The number of aromatic nitrogens is 1. The van der Waals surface area contributed by atoms with E-state index in [-0.39, 0.29) is 5.91 Å². The van der Waals surface area contributed by atoms with E-state index in [1.807, 2.05) is 24.3 Å². The number of nitrogens with zero attached hydrogens (tertiary/aromatic N) is 1. The van der Waals surface area contributed by atoms with Gasteiger partial charge in [-0.15, -0.1) is 0 Å². The first-order chi connectivity index (χ1) is 10.2. The first-order valence-corrected chi connectivity index (χ1v) is 7.09. The fraction of sp³-hybridized carbons (Fsp3) is 0.0667. The number of nitrogens with two attached hydrogens (primary N) is 1. The van der Waals surface area contributed by atoms with Crippen molar-refractivity contribution in [3.8, 4) is 5.75 Å². The second-order valence-corrected chi connectivity index (χ2v) is 5.44. The highest BCUT2D eigenvalue weighted by molar-refractivity contribution is 7.22.